The zero-order valence-electron chi connectivity index (χ0n) is 19.4. The molecule has 196 valence electrons. The Morgan fingerprint density at radius 3 is 2.43 bits per heavy atom. The van der Waals surface area contributed by atoms with Crippen LogP contribution in [-0.2, 0) is 27.4 Å². The lowest BCUT2D eigenvalue weighted by Gasteiger charge is -2.32. The van der Waals surface area contributed by atoms with E-state index in [0.717, 1.165) is 40.8 Å². The molecule has 7 nitrogen and oxygen atoms in total. The fourth-order valence-corrected chi connectivity index (χ4v) is 6.04. The number of hydrogen-bond acceptors (Lipinski definition) is 6. The highest BCUT2D eigenvalue weighted by atomic mass is 32.2. The SMILES string of the molecule is C[C@@]1(C(=O)CCc2cc(-c3ccc(C(F)(F)F)nc3)ncn2)C[C@@H](F)CN1S(=O)(=O)c1ccc(F)cc1. The minimum Gasteiger partial charge on any atom is -0.298 e. The number of halogens is 5. The smallest absolute Gasteiger partial charge is 0.298 e. The van der Waals surface area contributed by atoms with Gasteiger partial charge in [0.2, 0.25) is 10.0 Å². The monoisotopic (exact) mass is 540 g/mol. The Bertz CT molecular complexity index is 1400. The molecule has 1 aliphatic rings. The number of ketones is 1. The van der Waals surface area contributed by atoms with Crippen molar-refractivity contribution < 1.29 is 35.2 Å². The van der Waals surface area contributed by atoms with Gasteiger partial charge in [-0.25, -0.2) is 27.2 Å². The maximum atomic E-state index is 14.4. The Morgan fingerprint density at radius 1 is 1.11 bits per heavy atom. The average molecular weight is 541 g/mol. The molecule has 0 bridgehead atoms. The van der Waals surface area contributed by atoms with Gasteiger partial charge in [0.1, 0.15) is 24.0 Å². The van der Waals surface area contributed by atoms with Crippen LogP contribution in [0.3, 0.4) is 0 Å². The molecule has 2 aromatic heterocycles. The lowest BCUT2D eigenvalue weighted by Crippen LogP contribution is -2.50. The van der Waals surface area contributed by atoms with E-state index in [-0.39, 0.29) is 29.9 Å². The number of Topliss-reactive ketones (excluding diaryl/α,β-unsaturated/α-hetero) is 1. The van der Waals surface area contributed by atoms with Gasteiger partial charge in [-0.05, 0) is 55.8 Å². The molecule has 0 spiro atoms. The molecule has 13 heteroatoms. The van der Waals surface area contributed by atoms with Gasteiger partial charge in [0.05, 0.1) is 16.1 Å². The molecule has 0 radical (unpaired) electrons. The van der Waals surface area contributed by atoms with Crippen molar-refractivity contribution in [1.29, 1.82) is 0 Å². The lowest BCUT2D eigenvalue weighted by atomic mass is 9.91. The third-order valence-corrected chi connectivity index (χ3v) is 8.22. The predicted molar refractivity (Wildman–Crippen MR) is 122 cm³/mol. The van der Waals surface area contributed by atoms with Crippen molar-refractivity contribution in [3.8, 4) is 11.3 Å². The number of aromatic nitrogens is 3. The topological polar surface area (TPSA) is 93.1 Å². The van der Waals surface area contributed by atoms with Crippen LogP contribution in [0.2, 0.25) is 0 Å². The highest BCUT2D eigenvalue weighted by molar-refractivity contribution is 7.89. The van der Waals surface area contributed by atoms with Gasteiger partial charge in [-0.3, -0.25) is 9.78 Å². The van der Waals surface area contributed by atoms with Crippen molar-refractivity contribution >= 4 is 15.8 Å². The van der Waals surface area contributed by atoms with Gasteiger partial charge in [-0.2, -0.15) is 17.5 Å². The summed E-state index contributed by atoms with van der Waals surface area (Å²) in [6.45, 7) is 0.843. The van der Waals surface area contributed by atoms with E-state index in [2.05, 4.69) is 15.0 Å². The number of pyridine rings is 1. The normalized spacial score (nSPS) is 20.8. The molecule has 0 aliphatic carbocycles. The van der Waals surface area contributed by atoms with Crippen LogP contribution in [0.5, 0.6) is 0 Å². The number of rotatable bonds is 7. The first kappa shape index (κ1) is 26.7. The van der Waals surface area contributed by atoms with Gasteiger partial charge in [0.25, 0.3) is 0 Å². The molecule has 3 heterocycles. The van der Waals surface area contributed by atoms with E-state index in [4.69, 9.17) is 0 Å². The number of alkyl halides is 4. The maximum absolute atomic E-state index is 14.4. The van der Waals surface area contributed by atoms with Crippen LogP contribution < -0.4 is 0 Å². The zero-order chi connectivity index (χ0) is 27.0. The van der Waals surface area contributed by atoms with Crippen LogP contribution in [0.15, 0.2) is 59.9 Å². The quantitative estimate of drug-likeness (QED) is 0.413. The van der Waals surface area contributed by atoms with E-state index < -0.39 is 51.7 Å². The Morgan fingerprint density at radius 2 is 1.81 bits per heavy atom. The standard InChI is InChI=1S/C24H21F5N4O3S/c1-23(11-17(26)13-33(23)37(35,36)19-6-3-16(25)4-7-19)22(34)9-5-18-10-20(32-14-31-18)15-2-8-21(30-12-15)24(27,28)29/h2-4,6-8,10,12,14,17H,5,9,11,13H2,1H3/t17-,23+/m1/s1. The summed E-state index contributed by atoms with van der Waals surface area (Å²) in [4.78, 5) is 24.5. The molecular weight excluding hydrogens is 519 g/mol. The Balaban J connectivity index is 1.51. The minimum atomic E-state index is -4.58. The number of hydrogen-bond donors (Lipinski definition) is 0. The number of carbonyl (C=O) groups excluding carboxylic acids is 1. The second-order valence-electron chi connectivity index (χ2n) is 8.81. The van der Waals surface area contributed by atoms with Gasteiger partial charge in [-0.1, -0.05) is 0 Å². The fraction of sp³-hybridized carbons (Fsp3) is 0.333. The van der Waals surface area contributed by atoms with Crippen LogP contribution in [0.1, 0.15) is 31.2 Å². The lowest BCUT2D eigenvalue weighted by molar-refractivity contribution is -0.141. The van der Waals surface area contributed by atoms with Gasteiger partial charge in [0, 0.05) is 36.8 Å². The Kier molecular flexibility index (Phi) is 7.12. The molecule has 4 rings (SSSR count). The first-order chi connectivity index (χ1) is 17.3. The molecule has 3 aromatic rings. The third kappa shape index (κ3) is 5.52. The van der Waals surface area contributed by atoms with Crippen molar-refractivity contribution in [3.05, 3.63) is 72.2 Å². The summed E-state index contributed by atoms with van der Waals surface area (Å²) in [5.74, 6) is -1.17. The largest absolute Gasteiger partial charge is 0.433 e. The Hall–Kier alpha value is -3.32. The molecule has 0 unspecified atom stereocenters. The van der Waals surface area contributed by atoms with E-state index >= 15 is 0 Å². The Labute approximate surface area is 209 Å². The molecule has 1 fully saturated rings. The van der Waals surface area contributed by atoms with Crippen molar-refractivity contribution in [2.45, 2.75) is 49.0 Å². The van der Waals surface area contributed by atoms with Crippen LogP contribution >= 0.6 is 0 Å². The highest BCUT2D eigenvalue weighted by Gasteiger charge is 2.52. The molecule has 1 aromatic carbocycles. The third-order valence-electron chi connectivity index (χ3n) is 6.22. The van der Waals surface area contributed by atoms with Crippen LogP contribution in [0, 0.1) is 5.82 Å². The average Bonchev–Trinajstić information content (AvgIpc) is 3.18. The molecule has 0 saturated carbocycles. The van der Waals surface area contributed by atoms with Crippen LogP contribution in [-0.4, -0.2) is 51.7 Å². The van der Waals surface area contributed by atoms with Crippen molar-refractivity contribution in [1.82, 2.24) is 19.3 Å². The van der Waals surface area contributed by atoms with E-state index in [0.29, 0.717) is 11.3 Å². The van der Waals surface area contributed by atoms with Crippen molar-refractivity contribution in [2.24, 2.45) is 0 Å². The molecule has 1 aliphatic heterocycles. The van der Waals surface area contributed by atoms with E-state index in [1.807, 2.05) is 0 Å². The van der Waals surface area contributed by atoms with Gasteiger partial charge >= 0.3 is 6.18 Å². The van der Waals surface area contributed by atoms with Crippen molar-refractivity contribution in [2.75, 3.05) is 6.54 Å². The summed E-state index contributed by atoms with van der Waals surface area (Å²) < 4.78 is 93.1. The van der Waals surface area contributed by atoms with E-state index in [1.165, 1.54) is 25.4 Å². The second-order valence-corrected chi connectivity index (χ2v) is 10.7. The van der Waals surface area contributed by atoms with Crippen molar-refractivity contribution in [3.63, 3.8) is 0 Å². The fourth-order valence-electron chi connectivity index (χ4n) is 4.25. The first-order valence-electron chi connectivity index (χ1n) is 11.1. The first-order valence-corrected chi connectivity index (χ1v) is 12.5. The van der Waals surface area contributed by atoms with Crippen LogP contribution in [0.25, 0.3) is 11.3 Å². The molecule has 2 atom stereocenters. The molecule has 1 saturated heterocycles. The summed E-state index contributed by atoms with van der Waals surface area (Å²) in [6, 6.07) is 7.57. The number of nitrogens with zero attached hydrogens (tertiary/aromatic N) is 4. The predicted octanol–water partition coefficient (Wildman–Crippen LogP) is 4.39. The van der Waals surface area contributed by atoms with Gasteiger partial charge in [-0.15, -0.1) is 0 Å². The zero-order valence-corrected chi connectivity index (χ0v) is 20.2. The van der Waals surface area contributed by atoms with Crippen LogP contribution in [0.4, 0.5) is 22.0 Å². The molecule has 0 amide bonds. The highest BCUT2D eigenvalue weighted by Crippen LogP contribution is 2.38. The minimum absolute atomic E-state index is 0.0550. The number of benzene rings is 1. The summed E-state index contributed by atoms with van der Waals surface area (Å²) in [5, 5.41) is 0. The maximum Gasteiger partial charge on any atom is 0.433 e. The van der Waals surface area contributed by atoms with E-state index in [1.54, 1.807) is 0 Å². The van der Waals surface area contributed by atoms with Gasteiger partial charge in [0.15, 0.2) is 5.78 Å². The molecule has 37 heavy (non-hydrogen) atoms. The number of aryl methyl sites for hydroxylation is 1. The summed E-state index contributed by atoms with van der Waals surface area (Å²) >= 11 is 0. The van der Waals surface area contributed by atoms with Gasteiger partial charge < -0.3 is 0 Å². The molecular formula is C24H21F5N4O3S. The second kappa shape index (κ2) is 9.86. The molecule has 0 N–H and O–H groups in total. The number of carbonyl (C=O) groups is 1. The summed E-state index contributed by atoms with van der Waals surface area (Å²) in [7, 11) is -4.29. The summed E-state index contributed by atoms with van der Waals surface area (Å²) in [6.07, 6.45) is -4.39. The number of sulfonamides is 1. The summed E-state index contributed by atoms with van der Waals surface area (Å²) in [5.41, 5.74) is -1.74. The van der Waals surface area contributed by atoms with E-state index in [9.17, 15) is 35.2 Å².